The Labute approximate surface area is 268 Å². The van der Waals surface area contributed by atoms with Crippen molar-refractivity contribution in [1.29, 1.82) is 0 Å². The number of aliphatic hydroxyl groups excluding tert-OH is 1. The highest BCUT2D eigenvalue weighted by atomic mass is 16.5. The van der Waals surface area contributed by atoms with E-state index in [-0.39, 0.29) is 42.6 Å². The SMILES string of the molecule is COc1cc([C@@H]2Oc3c(ccc4c3CCc3cc(O)cc(OC)c3-4)[C@@H]2COC(C)=O)c(CN[C@H](C)c2cccc(CO)c2)cc1O. The van der Waals surface area contributed by atoms with Crippen molar-refractivity contribution >= 4 is 5.97 Å². The Morgan fingerprint density at radius 1 is 1.00 bits per heavy atom. The number of methoxy groups -OCH3 is 2. The second-order valence-corrected chi connectivity index (χ2v) is 11.9. The Hall–Kier alpha value is -4.73. The van der Waals surface area contributed by atoms with Crippen molar-refractivity contribution in [2.75, 3.05) is 20.8 Å². The van der Waals surface area contributed by atoms with E-state index in [0.717, 1.165) is 55.8 Å². The zero-order chi connectivity index (χ0) is 32.5. The lowest BCUT2D eigenvalue weighted by molar-refractivity contribution is -0.141. The highest BCUT2D eigenvalue weighted by molar-refractivity contribution is 5.82. The molecule has 6 rings (SSSR count). The van der Waals surface area contributed by atoms with Gasteiger partial charge in [0.2, 0.25) is 0 Å². The van der Waals surface area contributed by atoms with Gasteiger partial charge in [-0.05, 0) is 65.8 Å². The van der Waals surface area contributed by atoms with Crippen LogP contribution < -0.4 is 19.5 Å². The lowest BCUT2D eigenvalue weighted by atomic mass is 9.81. The molecular weight excluding hydrogens is 586 g/mol. The summed E-state index contributed by atoms with van der Waals surface area (Å²) in [6.45, 7) is 3.91. The Morgan fingerprint density at radius 3 is 2.54 bits per heavy atom. The van der Waals surface area contributed by atoms with Crippen LogP contribution in [0.4, 0.5) is 0 Å². The quantitative estimate of drug-likeness (QED) is 0.157. The maximum atomic E-state index is 12.0. The number of aromatic hydroxyl groups is 2. The van der Waals surface area contributed by atoms with E-state index in [2.05, 4.69) is 11.4 Å². The molecule has 9 heteroatoms. The molecule has 4 N–H and O–H groups in total. The Balaban J connectivity index is 1.40. The van der Waals surface area contributed by atoms with Gasteiger partial charge in [-0.2, -0.15) is 0 Å². The van der Waals surface area contributed by atoms with Gasteiger partial charge >= 0.3 is 5.97 Å². The van der Waals surface area contributed by atoms with Crippen molar-refractivity contribution in [3.05, 3.63) is 99.6 Å². The maximum Gasteiger partial charge on any atom is 0.302 e. The van der Waals surface area contributed by atoms with Crippen LogP contribution in [-0.2, 0) is 35.5 Å². The Kier molecular flexibility index (Phi) is 8.80. The second-order valence-electron chi connectivity index (χ2n) is 11.9. The van der Waals surface area contributed by atoms with Crippen LogP contribution in [0.5, 0.6) is 28.7 Å². The standard InChI is InChI=1S/C37H39NO8/c1-20(23-7-5-6-22(12-23)18-39)38-17-25-14-32(42)33(43-3)16-30(25)37-31(19-45-21(2)40)29-11-10-27-28(36(29)46-37)9-8-24-13-26(41)15-34(44-4)35(24)27/h5-7,10-16,20,31,37-39,41-42H,8-9,17-19H2,1-4H3/t20-,31+,37+/m1/s1. The summed E-state index contributed by atoms with van der Waals surface area (Å²) in [4.78, 5) is 12.0. The minimum atomic E-state index is -0.539. The predicted octanol–water partition coefficient (Wildman–Crippen LogP) is 6.00. The maximum absolute atomic E-state index is 12.0. The van der Waals surface area contributed by atoms with Crippen LogP contribution in [0.3, 0.4) is 0 Å². The fourth-order valence-corrected chi connectivity index (χ4v) is 6.73. The van der Waals surface area contributed by atoms with Crippen LogP contribution in [0.2, 0.25) is 0 Å². The first-order valence-electron chi connectivity index (χ1n) is 15.4. The molecule has 46 heavy (non-hydrogen) atoms. The topological polar surface area (TPSA) is 127 Å². The van der Waals surface area contributed by atoms with Crippen LogP contribution in [0.15, 0.2) is 60.7 Å². The van der Waals surface area contributed by atoms with Crippen LogP contribution >= 0.6 is 0 Å². The lowest BCUT2D eigenvalue weighted by Crippen LogP contribution is -2.22. The fourth-order valence-electron chi connectivity index (χ4n) is 6.73. The largest absolute Gasteiger partial charge is 0.508 e. The monoisotopic (exact) mass is 625 g/mol. The summed E-state index contributed by atoms with van der Waals surface area (Å²) in [6.07, 6.45) is 0.857. The normalized spacial score (nSPS) is 16.9. The summed E-state index contributed by atoms with van der Waals surface area (Å²) in [5.74, 6) is 1.13. The smallest absolute Gasteiger partial charge is 0.302 e. The fraction of sp³-hybridized carbons (Fsp3) is 0.324. The summed E-state index contributed by atoms with van der Waals surface area (Å²) >= 11 is 0. The third kappa shape index (κ3) is 5.84. The van der Waals surface area contributed by atoms with Gasteiger partial charge in [-0.15, -0.1) is 0 Å². The van der Waals surface area contributed by atoms with Crippen LogP contribution in [0, 0.1) is 0 Å². The number of esters is 1. The molecule has 0 bridgehead atoms. The molecule has 2 aliphatic rings. The lowest BCUT2D eigenvalue weighted by Gasteiger charge is -2.25. The van der Waals surface area contributed by atoms with Crippen molar-refractivity contribution < 1.29 is 39.1 Å². The zero-order valence-corrected chi connectivity index (χ0v) is 26.4. The average Bonchev–Trinajstić information content (AvgIpc) is 3.44. The third-order valence-electron chi connectivity index (χ3n) is 9.05. The number of rotatable bonds is 10. The molecule has 9 nitrogen and oxygen atoms in total. The summed E-state index contributed by atoms with van der Waals surface area (Å²) in [5, 5.41) is 34.2. The van der Waals surface area contributed by atoms with Gasteiger partial charge in [0.05, 0.1) is 26.7 Å². The number of phenols is 2. The number of carbonyl (C=O) groups is 1. The first kappa shape index (κ1) is 31.3. The molecule has 240 valence electrons. The highest BCUT2D eigenvalue weighted by Crippen LogP contribution is 2.54. The average molecular weight is 626 g/mol. The Morgan fingerprint density at radius 2 is 1.80 bits per heavy atom. The second kappa shape index (κ2) is 12.9. The number of phenolic OH excluding ortho intramolecular Hbond substituents is 2. The Bertz CT molecular complexity index is 1770. The van der Waals surface area contributed by atoms with Crippen LogP contribution in [0.25, 0.3) is 11.1 Å². The number of carbonyl (C=O) groups excluding carboxylic acids is 1. The number of benzene rings is 4. The molecule has 0 saturated heterocycles. The summed E-state index contributed by atoms with van der Waals surface area (Å²) in [7, 11) is 3.10. The van der Waals surface area contributed by atoms with Gasteiger partial charge in [-0.25, -0.2) is 0 Å². The predicted molar refractivity (Wildman–Crippen MR) is 173 cm³/mol. The molecule has 1 aliphatic heterocycles. The van der Waals surface area contributed by atoms with Crippen molar-refractivity contribution in [3.8, 4) is 39.9 Å². The van der Waals surface area contributed by atoms with Crippen molar-refractivity contribution in [2.24, 2.45) is 0 Å². The number of aryl methyl sites for hydroxylation is 1. The number of fused-ring (bicyclic) bond motifs is 5. The summed E-state index contributed by atoms with van der Waals surface area (Å²) in [5.41, 5.74) is 8.36. The molecule has 1 heterocycles. The summed E-state index contributed by atoms with van der Waals surface area (Å²) < 4.78 is 23.7. The number of hydrogen-bond acceptors (Lipinski definition) is 9. The first-order valence-corrected chi connectivity index (χ1v) is 15.4. The highest BCUT2D eigenvalue weighted by Gasteiger charge is 2.41. The molecule has 4 aromatic carbocycles. The van der Waals surface area contributed by atoms with Crippen molar-refractivity contribution in [2.45, 2.75) is 57.9 Å². The van der Waals surface area contributed by atoms with E-state index in [4.69, 9.17) is 18.9 Å². The van der Waals surface area contributed by atoms with Gasteiger partial charge in [0.25, 0.3) is 0 Å². The van der Waals surface area contributed by atoms with Gasteiger partial charge in [0.1, 0.15) is 30.0 Å². The summed E-state index contributed by atoms with van der Waals surface area (Å²) in [6, 6.07) is 18.7. The van der Waals surface area contributed by atoms with E-state index >= 15 is 0 Å². The minimum absolute atomic E-state index is 0.00867. The molecule has 0 amide bonds. The first-order chi connectivity index (χ1) is 22.2. The zero-order valence-electron chi connectivity index (χ0n) is 26.4. The molecule has 0 aromatic heterocycles. The number of hydrogen-bond donors (Lipinski definition) is 4. The molecular formula is C37H39NO8. The van der Waals surface area contributed by atoms with Crippen molar-refractivity contribution in [1.82, 2.24) is 5.32 Å². The molecule has 0 unspecified atom stereocenters. The van der Waals surface area contributed by atoms with Gasteiger partial charge < -0.3 is 39.6 Å². The van der Waals surface area contributed by atoms with Gasteiger partial charge in [-0.3, -0.25) is 4.79 Å². The van der Waals surface area contributed by atoms with E-state index < -0.39 is 6.10 Å². The third-order valence-corrected chi connectivity index (χ3v) is 9.05. The molecule has 4 aromatic rings. The number of ether oxygens (including phenoxy) is 4. The molecule has 0 fully saturated rings. The van der Waals surface area contributed by atoms with Gasteiger partial charge in [0.15, 0.2) is 11.5 Å². The minimum Gasteiger partial charge on any atom is -0.508 e. The van der Waals surface area contributed by atoms with E-state index in [1.54, 1.807) is 31.4 Å². The van der Waals surface area contributed by atoms with Crippen LogP contribution in [0.1, 0.15) is 70.9 Å². The molecule has 1 aliphatic carbocycles. The number of nitrogens with one attached hydrogen (secondary N) is 1. The van der Waals surface area contributed by atoms with E-state index in [0.29, 0.717) is 30.9 Å². The molecule has 3 atom stereocenters. The van der Waals surface area contributed by atoms with Gasteiger partial charge in [-0.1, -0.05) is 36.4 Å². The molecule has 0 radical (unpaired) electrons. The van der Waals surface area contributed by atoms with E-state index in [1.165, 1.54) is 14.0 Å². The number of aliphatic hydroxyl groups is 1. The van der Waals surface area contributed by atoms with Crippen molar-refractivity contribution in [3.63, 3.8) is 0 Å². The van der Waals surface area contributed by atoms with Crippen LogP contribution in [-0.4, -0.2) is 42.1 Å². The van der Waals surface area contributed by atoms with E-state index in [9.17, 15) is 20.1 Å². The molecule has 0 spiro atoms. The van der Waals surface area contributed by atoms with Gasteiger partial charge in [0, 0.05) is 47.8 Å². The van der Waals surface area contributed by atoms with E-state index in [1.807, 2.05) is 37.3 Å². The molecule has 0 saturated carbocycles.